The first-order valence-corrected chi connectivity index (χ1v) is 7.13. The molecule has 2 N–H and O–H groups in total. The van der Waals surface area contributed by atoms with Gasteiger partial charge in [0.15, 0.2) is 0 Å². The minimum absolute atomic E-state index is 0.300. The second-order valence-electron chi connectivity index (χ2n) is 7.88. The van der Waals surface area contributed by atoms with Gasteiger partial charge >= 0.3 is 0 Å². The van der Waals surface area contributed by atoms with Gasteiger partial charge in [-0.15, -0.1) is 0 Å². The van der Waals surface area contributed by atoms with Gasteiger partial charge in [-0.25, -0.2) is 0 Å². The van der Waals surface area contributed by atoms with Crippen molar-refractivity contribution in [2.24, 2.45) is 29.1 Å². The molecule has 0 heterocycles. The number of hydrogen-bond donors (Lipinski definition) is 2. The molecular weight excluding hydrogens is 212 g/mol. The van der Waals surface area contributed by atoms with E-state index in [1.165, 1.54) is 0 Å². The highest BCUT2D eigenvalue weighted by atomic mass is 16.3. The molecule has 3 fully saturated rings. The highest BCUT2D eigenvalue weighted by molar-refractivity contribution is 5.18. The van der Waals surface area contributed by atoms with E-state index >= 15 is 0 Å². The fourth-order valence-corrected chi connectivity index (χ4v) is 5.25. The third kappa shape index (κ3) is 1.46. The second kappa shape index (κ2) is 3.08. The molecule has 0 saturated heterocycles. The predicted molar refractivity (Wildman–Crippen MR) is 67.5 cm³/mol. The highest BCUT2D eigenvalue weighted by Gasteiger charge is 2.69. The zero-order chi connectivity index (χ0) is 12.6. The Balaban J connectivity index is 1.99. The number of hydrogen-bond acceptors (Lipinski definition) is 2. The van der Waals surface area contributed by atoms with Crippen LogP contribution >= 0.6 is 0 Å². The Kier molecular flexibility index (Phi) is 2.17. The SMILES string of the molecule is CC1(C)[C@@H]2[C@@H]3[C@@H](CC[C@@]3(C)O)[C@@](C)(O)CC[C@H]21. The largest absolute Gasteiger partial charge is 0.390 e. The van der Waals surface area contributed by atoms with Crippen LogP contribution in [0.25, 0.3) is 0 Å². The molecule has 98 valence electrons. The molecule has 0 aromatic heterocycles. The van der Waals surface area contributed by atoms with E-state index in [9.17, 15) is 10.2 Å². The lowest BCUT2D eigenvalue weighted by Gasteiger charge is -2.37. The minimum atomic E-state index is -0.561. The Morgan fingerprint density at radius 3 is 1.94 bits per heavy atom. The van der Waals surface area contributed by atoms with Crippen LogP contribution in [0.1, 0.15) is 53.4 Å². The molecule has 0 aromatic carbocycles. The molecule has 2 nitrogen and oxygen atoms in total. The number of fused-ring (bicyclic) bond motifs is 3. The molecule has 2 heteroatoms. The van der Waals surface area contributed by atoms with E-state index in [-0.39, 0.29) is 0 Å². The van der Waals surface area contributed by atoms with Gasteiger partial charge < -0.3 is 10.2 Å². The lowest BCUT2D eigenvalue weighted by molar-refractivity contribution is -0.0663. The van der Waals surface area contributed by atoms with Gasteiger partial charge in [0.05, 0.1) is 11.2 Å². The molecule has 3 rings (SSSR count). The van der Waals surface area contributed by atoms with Crippen LogP contribution in [0.15, 0.2) is 0 Å². The number of rotatable bonds is 0. The molecule has 0 aromatic rings. The van der Waals surface area contributed by atoms with E-state index in [0.717, 1.165) is 25.7 Å². The fourth-order valence-electron chi connectivity index (χ4n) is 5.25. The van der Waals surface area contributed by atoms with Gasteiger partial charge in [0, 0.05) is 0 Å². The van der Waals surface area contributed by atoms with Crippen LogP contribution in [0.3, 0.4) is 0 Å². The van der Waals surface area contributed by atoms with Crippen molar-refractivity contribution in [1.82, 2.24) is 0 Å². The summed E-state index contributed by atoms with van der Waals surface area (Å²) in [6, 6.07) is 0. The summed E-state index contributed by atoms with van der Waals surface area (Å²) in [5.74, 6) is 1.95. The van der Waals surface area contributed by atoms with Crippen LogP contribution < -0.4 is 0 Å². The average molecular weight is 238 g/mol. The Morgan fingerprint density at radius 2 is 1.29 bits per heavy atom. The summed E-state index contributed by atoms with van der Waals surface area (Å²) in [7, 11) is 0. The maximum Gasteiger partial charge on any atom is 0.0654 e. The fraction of sp³-hybridized carbons (Fsp3) is 1.00. The van der Waals surface area contributed by atoms with Crippen LogP contribution in [-0.2, 0) is 0 Å². The minimum Gasteiger partial charge on any atom is -0.390 e. The van der Waals surface area contributed by atoms with Gasteiger partial charge in [-0.05, 0) is 68.6 Å². The Bertz CT molecular complexity index is 343. The van der Waals surface area contributed by atoms with E-state index in [2.05, 4.69) is 13.8 Å². The smallest absolute Gasteiger partial charge is 0.0654 e. The van der Waals surface area contributed by atoms with E-state index < -0.39 is 11.2 Å². The van der Waals surface area contributed by atoms with Gasteiger partial charge in [-0.1, -0.05) is 13.8 Å². The van der Waals surface area contributed by atoms with Gasteiger partial charge in [0.2, 0.25) is 0 Å². The third-order valence-corrected chi connectivity index (χ3v) is 6.40. The zero-order valence-corrected chi connectivity index (χ0v) is 11.5. The first-order chi connectivity index (χ1) is 7.68. The summed E-state index contributed by atoms with van der Waals surface area (Å²) in [6.07, 6.45) is 3.89. The molecule has 0 aliphatic heterocycles. The molecule has 6 atom stereocenters. The molecule has 0 spiro atoms. The second-order valence-corrected chi connectivity index (χ2v) is 7.88. The van der Waals surface area contributed by atoms with Crippen molar-refractivity contribution >= 4 is 0 Å². The van der Waals surface area contributed by atoms with Gasteiger partial charge in [-0.3, -0.25) is 0 Å². The monoisotopic (exact) mass is 238 g/mol. The van der Waals surface area contributed by atoms with E-state index in [1.807, 2.05) is 13.8 Å². The average Bonchev–Trinajstić information content (AvgIpc) is 2.59. The summed E-state index contributed by atoms with van der Waals surface area (Å²) in [5.41, 5.74) is -0.738. The zero-order valence-electron chi connectivity index (χ0n) is 11.5. The highest BCUT2D eigenvalue weighted by Crippen LogP contribution is 2.71. The van der Waals surface area contributed by atoms with Crippen LogP contribution in [0.5, 0.6) is 0 Å². The molecular formula is C15H26O2. The van der Waals surface area contributed by atoms with E-state index in [4.69, 9.17) is 0 Å². The van der Waals surface area contributed by atoms with Crippen LogP contribution in [0.2, 0.25) is 0 Å². The molecule has 0 bridgehead atoms. The molecule has 0 unspecified atom stereocenters. The first-order valence-electron chi connectivity index (χ1n) is 7.13. The van der Waals surface area contributed by atoms with Crippen LogP contribution in [0, 0.1) is 29.1 Å². The molecule has 0 radical (unpaired) electrons. The summed E-state index contributed by atoms with van der Waals surface area (Å²) < 4.78 is 0. The van der Waals surface area contributed by atoms with E-state index in [0.29, 0.717) is 29.1 Å². The maximum atomic E-state index is 10.7. The maximum absolute atomic E-state index is 10.7. The topological polar surface area (TPSA) is 40.5 Å². The molecule has 17 heavy (non-hydrogen) atoms. The Morgan fingerprint density at radius 1 is 0.765 bits per heavy atom. The molecule has 3 aliphatic rings. The van der Waals surface area contributed by atoms with Gasteiger partial charge in [-0.2, -0.15) is 0 Å². The van der Waals surface area contributed by atoms with Crippen molar-refractivity contribution in [1.29, 1.82) is 0 Å². The third-order valence-electron chi connectivity index (χ3n) is 6.40. The number of aliphatic hydroxyl groups is 2. The van der Waals surface area contributed by atoms with E-state index in [1.54, 1.807) is 0 Å². The summed E-state index contributed by atoms with van der Waals surface area (Å²) in [6.45, 7) is 8.66. The summed E-state index contributed by atoms with van der Waals surface area (Å²) >= 11 is 0. The first kappa shape index (κ1) is 12.0. The van der Waals surface area contributed by atoms with Crippen molar-refractivity contribution in [3.63, 3.8) is 0 Å². The Hall–Kier alpha value is -0.0800. The summed E-state index contributed by atoms with van der Waals surface area (Å²) in [5, 5.41) is 21.3. The lowest BCUT2D eigenvalue weighted by atomic mass is 9.73. The molecule has 0 amide bonds. The van der Waals surface area contributed by atoms with Crippen molar-refractivity contribution in [2.45, 2.75) is 64.6 Å². The predicted octanol–water partition coefficient (Wildman–Crippen LogP) is 2.58. The normalized spacial score (nSPS) is 60.4. The molecule has 3 aliphatic carbocycles. The molecule has 3 saturated carbocycles. The Labute approximate surface area is 104 Å². The standard InChI is InChI=1S/C15H26O2/c1-13(2)9-5-7-14(3,16)10-6-8-15(4,17)12(10)11(9)13/h9-12,16-17H,5-8H2,1-4H3/t9-,10-,11+,12+,14+,15-/m1/s1. The summed E-state index contributed by atoms with van der Waals surface area (Å²) in [4.78, 5) is 0. The van der Waals surface area contributed by atoms with Crippen molar-refractivity contribution in [2.75, 3.05) is 0 Å². The van der Waals surface area contributed by atoms with Crippen molar-refractivity contribution in [3.05, 3.63) is 0 Å². The van der Waals surface area contributed by atoms with Crippen molar-refractivity contribution in [3.8, 4) is 0 Å². The quantitative estimate of drug-likeness (QED) is 0.681. The van der Waals surface area contributed by atoms with Crippen LogP contribution in [-0.4, -0.2) is 21.4 Å². The van der Waals surface area contributed by atoms with Crippen molar-refractivity contribution < 1.29 is 10.2 Å². The van der Waals surface area contributed by atoms with Gasteiger partial charge in [0.1, 0.15) is 0 Å². The van der Waals surface area contributed by atoms with Gasteiger partial charge in [0.25, 0.3) is 0 Å². The van der Waals surface area contributed by atoms with Crippen LogP contribution in [0.4, 0.5) is 0 Å². The lowest BCUT2D eigenvalue weighted by Crippen LogP contribution is -2.43.